The number of esters is 1. The Hall–Kier alpha value is -2.30. The molecule has 0 aliphatic heterocycles. The Morgan fingerprint density at radius 1 is 1.26 bits per heavy atom. The number of amides is 1. The molecule has 1 aromatic rings. The van der Waals surface area contributed by atoms with E-state index in [2.05, 4.69) is 5.32 Å². The van der Waals surface area contributed by atoms with Gasteiger partial charge in [-0.15, -0.1) is 0 Å². The third-order valence-corrected chi connectivity index (χ3v) is 4.42. The summed E-state index contributed by atoms with van der Waals surface area (Å²) < 4.78 is 10.2. The van der Waals surface area contributed by atoms with Crippen molar-refractivity contribution in [3.8, 4) is 0 Å². The van der Waals surface area contributed by atoms with Crippen molar-refractivity contribution in [3.63, 3.8) is 0 Å². The van der Waals surface area contributed by atoms with Gasteiger partial charge in [0.2, 0.25) is 0 Å². The van der Waals surface area contributed by atoms with Crippen molar-refractivity contribution < 1.29 is 19.1 Å². The first-order chi connectivity index (χ1) is 11.1. The molecule has 124 valence electrons. The Morgan fingerprint density at radius 2 is 2.00 bits per heavy atom. The van der Waals surface area contributed by atoms with Crippen LogP contribution in [0.4, 0.5) is 4.79 Å². The Kier molecular flexibility index (Phi) is 5.79. The molecule has 1 aliphatic rings. The van der Waals surface area contributed by atoms with Gasteiger partial charge in [0, 0.05) is 0 Å². The van der Waals surface area contributed by atoms with E-state index in [0.717, 1.165) is 5.56 Å². The van der Waals surface area contributed by atoms with Gasteiger partial charge >= 0.3 is 12.1 Å². The average molecular weight is 317 g/mol. The minimum absolute atomic E-state index is 0.201. The van der Waals surface area contributed by atoms with Crippen LogP contribution in [-0.2, 0) is 20.9 Å². The number of carbonyl (C=O) groups excluding carboxylic acids is 2. The summed E-state index contributed by atoms with van der Waals surface area (Å²) >= 11 is 0. The van der Waals surface area contributed by atoms with E-state index in [1.54, 1.807) is 0 Å². The first-order valence-electron chi connectivity index (χ1n) is 7.83. The summed E-state index contributed by atoms with van der Waals surface area (Å²) in [7, 11) is 1.38. The van der Waals surface area contributed by atoms with Gasteiger partial charge in [-0.1, -0.05) is 49.4 Å². The van der Waals surface area contributed by atoms with Crippen LogP contribution < -0.4 is 5.32 Å². The molecule has 2 atom stereocenters. The topological polar surface area (TPSA) is 64.6 Å². The van der Waals surface area contributed by atoms with Crippen LogP contribution in [-0.4, -0.2) is 25.2 Å². The number of alkyl carbamates (subject to hydrolysis) is 1. The molecule has 5 nitrogen and oxygen atoms in total. The number of benzene rings is 1. The lowest BCUT2D eigenvalue weighted by atomic mass is 9.71. The van der Waals surface area contributed by atoms with Gasteiger partial charge in [0.15, 0.2) is 0 Å². The molecular formula is C18H23NO4. The highest BCUT2D eigenvalue weighted by Gasteiger charge is 2.46. The minimum atomic E-state index is -0.727. The van der Waals surface area contributed by atoms with Crippen LogP contribution in [0.3, 0.4) is 0 Å². The second-order valence-electron chi connectivity index (χ2n) is 5.67. The summed E-state index contributed by atoms with van der Waals surface area (Å²) in [5, 5.41) is 2.83. The minimum Gasteiger partial charge on any atom is -0.469 e. The van der Waals surface area contributed by atoms with Gasteiger partial charge in [-0.2, -0.15) is 0 Å². The summed E-state index contributed by atoms with van der Waals surface area (Å²) in [4.78, 5) is 24.3. The maximum absolute atomic E-state index is 12.2. The zero-order valence-corrected chi connectivity index (χ0v) is 13.6. The zero-order valence-electron chi connectivity index (χ0n) is 13.6. The number of ether oxygens (including phenoxy) is 2. The van der Waals surface area contributed by atoms with E-state index in [1.165, 1.54) is 7.11 Å². The van der Waals surface area contributed by atoms with E-state index in [0.29, 0.717) is 19.3 Å². The van der Waals surface area contributed by atoms with E-state index in [4.69, 9.17) is 9.47 Å². The third kappa shape index (κ3) is 3.92. The monoisotopic (exact) mass is 317 g/mol. The fourth-order valence-corrected chi connectivity index (χ4v) is 2.96. The maximum Gasteiger partial charge on any atom is 0.407 e. The molecule has 0 unspecified atom stereocenters. The normalized spacial score (nSPS) is 23.1. The predicted octanol–water partition coefficient (Wildman–Crippen LogP) is 3.20. The Bertz CT molecular complexity index is 570. The van der Waals surface area contributed by atoms with Gasteiger partial charge in [0.25, 0.3) is 0 Å². The fraction of sp³-hybridized carbons (Fsp3) is 0.444. The largest absolute Gasteiger partial charge is 0.469 e. The third-order valence-electron chi connectivity index (χ3n) is 4.42. The summed E-state index contributed by atoms with van der Waals surface area (Å²) in [6, 6.07) is 9.14. The summed E-state index contributed by atoms with van der Waals surface area (Å²) in [5.74, 6) is -0.294. The van der Waals surface area contributed by atoms with Crippen molar-refractivity contribution in [3.05, 3.63) is 48.0 Å². The van der Waals surface area contributed by atoms with Crippen LogP contribution in [0.15, 0.2) is 42.5 Å². The van der Waals surface area contributed by atoms with Crippen LogP contribution in [0.2, 0.25) is 0 Å². The van der Waals surface area contributed by atoms with E-state index < -0.39 is 11.5 Å². The molecule has 1 aromatic carbocycles. The van der Waals surface area contributed by atoms with Crippen molar-refractivity contribution in [1.82, 2.24) is 5.32 Å². The molecular weight excluding hydrogens is 294 g/mol. The van der Waals surface area contributed by atoms with Gasteiger partial charge in [0.05, 0.1) is 18.6 Å². The van der Waals surface area contributed by atoms with Gasteiger partial charge in [-0.3, -0.25) is 4.79 Å². The summed E-state index contributed by atoms with van der Waals surface area (Å²) in [5.41, 5.74) is 0.191. The Morgan fingerprint density at radius 3 is 2.65 bits per heavy atom. The molecule has 5 heteroatoms. The van der Waals surface area contributed by atoms with Crippen LogP contribution in [0, 0.1) is 5.41 Å². The average Bonchev–Trinajstić information content (AvgIpc) is 2.60. The molecule has 0 radical (unpaired) electrons. The first-order valence-corrected chi connectivity index (χ1v) is 7.83. The SMILES string of the molecule is CC[C@@]1(C(=O)OC)CC=CC[C@H]1NC(=O)OCc1ccccc1. The van der Waals surface area contributed by atoms with E-state index in [-0.39, 0.29) is 18.6 Å². The zero-order chi connectivity index (χ0) is 16.7. The molecule has 1 N–H and O–H groups in total. The Labute approximate surface area is 136 Å². The molecule has 0 saturated heterocycles. The van der Waals surface area contributed by atoms with Crippen LogP contribution in [0.25, 0.3) is 0 Å². The van der Waals surface area contributed by atoms with Crippen molar-refractivity contribution in [1.29, 1.82) is 0 Å². The van der Waals surface area contributed by atoms with E-state index >= 15 is 0 Å². The molecule has 0 fully saturated rings. The molecule has 0 aromatic heterocycles. The molecule has 1 aliphatic carbocycles. The van der Waals surface area contributed by atoms with Crippen LogP contribution in [0.1, 0.15) is 31.7 Å². The molecule has 23 heavy (non-hydrogen) atoms. The highest BCUT2D eigenvalue weighted by Crippen LogP contribution is 2.37. The number of hydrogen-bond donors (Lipinski definition) is 1. The maximum atomic E-state index is 12.2. The lowest BCUT2D eigenvalue weighted by Gasteiger charge is -2.38. The quantitative estimate of drug-likeness (QED) is 0.669. The highest BCUT2D eigenvalue weighted by atomic mass is 16.5. The van der Waals surface area contributed by atoms with Crippen molar-refractivity contribution in [2.45, 2.75) is 38.8 Å². The van der Waals surface area contributed by atoms with Crippen molar-refractivity contribution in [2.75, 3.05) is 7.11 Å². The van der Waals surface area contributed by atoms with Gasteiger partial charge in [0.1, 0.15) is 6.61 Å². The molecule has 2 rings (SSSR count). The number of nitrogens with one attached hydrogen (secondary N) is 1. The van der Waals surface area contributed by atoms with Crippen molar-refractivity contribution >= 4 is 12.1 Å². The second kappa shape index (κ2) is 7.81. The number of allylic oxidation sites excluding steroid dienone is 1. The molecule has 0 saturated carbocycles. The highest BCUT2D eigenvalue weighted by molar-refractivity contribution is 5.79. The number of rotatable bonds is 5. The molecule has 0 spiro atoms. The lowest BCUT2D eigenvalue weighted by Crippen LogP contribution is -2.53. The molecule has 0 heterocycles. The lowest BCUT2D eigenvalue weighted by molar-refractivity contribution is -0.155. The number of methoxy groups -OCH3 is 1. The Balaban J connectivity index is 2.00. The first kappa shape index (κ1) is 17.1. The smallest absolute Gasteiger partial charge is 0.407 e. The molecule has 0 bridgehead atoms. The number of carbonyl (C=O) groups is 2. The number of hydrogen-bond acceptors (Lipinski definition) is 4. The van der Waals surface area contributed by atoms with E-state index in [1.807, 2.05) is 49.4 Å². The summed E-state index contributed by atoms with van der Waals surface area (Å²) in [6.45, 7) is 2.13. The van der Waals surface area contributed by atoms with E-state index in [9.17, 15) is 9.59 Å². The van der Waals surface area contributed by atoms with Gasteiger partial charge in [-0.05, 0) is 24.8 Å². The fourth-order valence-electron chi connectivity index (χ4n) is 2.96. The van der Waals surface area contributed by atoms with Crippen LogP contribution in [0.5, 0.6) is 0 Å². The van der Waals surface area contributed by atoms with Gasteiger partial charge in [-0.25, -0.2) is 4.79 Å². The molecule has 1 amide bonds. The standard InChI is InChI=1S/C18H23NO4/c1-3-18(16(20)22-2)12-8-7-11-15(18)19-17(21)23-13-14-9-5-4-6-10-14/h4-10,15H,3,11-13H2,1-2H3,(H,19,21)/t15-,18-/m1/s1. The second-order valence-corrected chi connectivity index (χ2v) is 5.67. The summed E-state index contributed by atoms with van der Waals surface area (Å²) in [6.07, 6.45) is 5.15. The predicted molar refractivity (Wildman–Crippen MR) is 86.7 cm³/mol. The van der Waals surface area contributed by atoms with Crippen LogP contribution >= 0.6 is 0 Å². The van der Waals surface area contributed by atoms with Gasteiger partial charge < -0.3 is 14.8 Å². The van der Waals surface area contributed by atoms with Crippen molar-refractivity contribution in [2.24, 2.45) is 5.41 Å².